The highest BCUT2D eigenvalue weighted by Crippen LogP contribution is 2.35. The highest BCUT2D eigenvalue weighted by molar-refractivity contribution is 7.90. The van der Waals surface area contributed by atoms with Gasteiger partial charge in [-0.2, -0.15) is 0 Å². The number of benzene rings is 1. The van der Waals surface area contributed by atoms with Crippen molar-refractivity contribution < 1.29 is 22.7 Å². The lowest BCUT2D eigenvalue weighted by atomic mass is 10.2. The Bertz CT molecular complexity index is 749. The van der Waals surface area contributed by atoms with E-state index in [1.807, 2.05) is 10.8 Å². The molecule has 8 heteroatoms. The third-order valence-corrected chi connectivity index (χ3v) is 4.98. The van der Waals surface area contributed by atoms with Crippen LogP contribution < -0.4 is 14.8 Å². The molecule has 1 aromatic carbocycles. The Morgan fingerprint density at radius 3 is 2.70 bits per heavy atom. The second kappa shape index (κ2) is 6.23. The van der Waals surface area contributed by atoms with Crippen molar-refractivity contribution in [2.75, 3.05) is 39.0 Å². The van der Waals surface area contributed by atoms with Gasteiger partial charge in [-0.05, 0) is 12.1 Å². The predicted octanol–water partition coefficient (Wildman–Crippen LogP) is -0.149. The summed E-state index contributed by atoms with van der Waals surface area (Å²) in [6.07, 6.45) is 0.598. The van der Waals surface area contributed by atoms with Crippen LogP contribution in [-0.2, 0) is 14.6 Å². The zero-order chi connectivity index (χ0) is 16.4. The van der Waals surface area contributed by atoms with Gasteiger partial charge >= 0.3 is 0 Å². The minimum absolute atomic E-state index is 0.148. The van der Waals surface area contributed by atoms with Crippen LogP contribution in [-0.4, -0.2) is 64.4 Å². The molecule has 7 nitrogen and oxygen atoms in total. The van der Waals surface area contributed by atoms with Gasteiger partial charge in [-0.15, -0.1) is 0 Å². The van der Waals surface area contributed by atoms with Gasteiger partial charge in [-0.3, -0.25) is 0 Å². The van der Waals surface area contributed by atoms with Crippen LogP contribution in [0.3, 0.4) is 0 Å². The van der Waals surface area contributed by atoms with E-state index in [1.54, 1.807) is 6.07 Å². The SMILES string of the molecule is CS(=O)(=O)c1ccc2c(c1)OCC(C(=C=O)N1CCNCC1)O2. The number of piperazine rings is 1. The molecular weight excluding hydrogens is 320 g/mol. The van der Waals surface area contributed by atoms with Crippen molar-refractivity contribution in [1.29, 1.82) is 0 Å². The molecule has 0 aromatic heterocycles. The van der Waals surface area contributed by atoms with Gasteiger partial charge in [-0.25, -0.2) is 13.2 Å². The normalized spacial score (nSPS) is 20.7. The van der Waals surface area contributed by atoms with Crippen molar-refractivity contribution in [3.05, 3.63) is 23.9 Å². The lowest BCUT2D eigenvalue weighted by molar-refractivity contribution is 0.0896. The minimum atomic E-state index is -3.31. The fourth-order valence-electron chi connectivity index (χ4n) is 2.66. The molecular formula is C15H18N2O5S. The van der Waals surface area contributed by atoms with Crippen molar-refractivity contribution >= 4 is 15.8 Å². The summed E-state index contributed by atoms with van der Waals surface area (Å²) < 4.78 is 34.6. The van der Waals surface area contributed by atoms with Crippen LogP contribution in [0.15, 0.2) is 28.8 Å². The molecule has 0 aliphatic carbocycles. The molecule has 1 fully saturated rings. The molecule has 1 N–H and O–H groups in total. The number of hydrogen-bond donors (Lipinski definition) is 1. The Morgan fingerprint density at radius 1 is 1.30 bits per heavy atom. The first-order valence-electron chi connectivity index (χ1n) is 7.33. The first-order chi connectivity index (χ1) is 11.0. The van der Waals surface area contributed by atoms with E-state index in [-0.39, 0.29) is 11.5 Å². The van der Waals surface area contributed by atoms with Gasteiger partial charge < -0.3 is 19.7 Å². The van der Waals surface area contributed by atoms with Gasteiger partial charge in [0.1, 0.15) is 18.2 Å². The zero-order valence-corrected chi connectivity index (χ0v) is 13.6. The third kappa shape index (κ3) is 3.34. The smallest absolute Gasteiger partial charge is 0.183 e. The summed E-state index contributed by atoms with van der Waals surface area (Å²) in [6.45, 7) is 3.17. The molecule has 0 radical (unpaired) electrons. The van der Waals surface area contributed by atoms with E-state index in [0.717, 1.165) is 19.3 Å². The van der Waals surface area contributed by atoms with Crippen LogP contribution >= 0.6 is 0 Å². The maximum atomic E-state index is 11.6. The maximum absolute atomic E-state index is 11.6. The van der Waals surface area contributed by atoms with Gasteiger partial charge in [0, 0.05) is 38.5 Å². The van der Waals surface area contributed by atoms with E-state index < -0.39 is 15.9 Å². The second-order valence-corrected chi connectivity index (χ2v) is 7.54. The Kier molecular flexibility index (Phi) is 4.30. The number of nitrogens with zero attached hydrogens (tertiary/aromatic N) is 1. The molecule has 0 spiro atoms. The fourth-order valence-corrected chi connectivity index (χ4v) is 3.29. The summed E-state index contributed by atoms with van der Waals surface area (Å²) in [5, 5.41) is 3.22. The topological polar surface area (TPSA) is 84.9 Å². The number of sulfone groups is 1. The molecule has 0 saturated carbocycles. The first kappa shape index (κ1) is 15.9. The molecule has 0 bridgehead atoms. The van der Waals surface area contributed by atoms with Gasteiger partial charge in [-0.1, -0.05) is 0 Å². The van der Waals surface area contributed by atoms with Gasteiger partial charge in [0.05, 0.1) is 4.90 Å². The average molecular weight is 338 g/mol. The minimum Gasteiger partial charge on any atom is -0.485 e. The molecule has 1 atom stereocenters. The highest BCUT2D eigenvalue weighted by atomic mass is 32.2. The summed E-state index contributed by atoms with van der Waals surface area (Å²) in [6, 6.07) is 4.46. The number of carbonyl (C=O) groups excluding carboxylic acids is 1. The molecule has 0 amide bonds. The molecule has 2 heterocycles. The van der Waals surface area contributed by atoms with E-state index in [1.165, 1.54) is 12.1 Å². The molecule has 1 saturated heterocycles. The number of rotatable bonds is 3. The van der Waals surface area contributed by atoms with Crippen molar-refractivity contribution in [1.82, 2.24) is 10.2 Å². The Balaban J connectivity index is 1.81. The molecule has 1 unspecified atom stereocenters. The lowest BCUT2D eigenvalue weighted by Gasteiger charge is -2.35. The zero-order valence-electron chi connectivity index (χ0n) is 12.7. The molecule has 124 valence electrons. The number of nitrogens with one attached hydrogen (secondary N) is 1. The average Bonchev–Trinajstić information content (AvgIpc) is 2.55. The van der Waals surface area contributed by atoms with E-state index in [4.69, 9.17) is 9.47 Å². The number of hydrogen-bond acceptors (Lipinski definition) is 7. The van der Waals surface area contributed by atoms with Crippen LogP contribution in [0.5, 0.6) is 11.5 Å². The summed E-state index contributed by atoms with van der Waals surface area (Å²) in [4.78, 5) is 13.5. The summed E-state index contributed by atoms with van der Waals surface area (Å²) >= 11 is 0. The Hall–Kier alpha value is -2.02. The fraction of sp³-hybridized carbons (Fsp3) is 0.467. The standard InChI is InChI=1S/C15H18N2O5S/c1-23(19,20)11-2-3-13-14(8-11)21-10-15(22-13)12(9-18)17-6-4-16-5-7-17/h2-3,8,15-16H,4-7,10H2,1H3. The number of ether oxygens (including phenoxy) is 2. The van der Waals surface area contributed by atoms with Crippen LogP contribution in [0.2, 0.25) is 0 Å². The van der Waals surface area contributed by atoms with Crippen molar-refractivity contribution in [3.8, 4) is 11.5 Å². The Labute approximate surface area is 134 Å². The summed E-state index contributed by atoms with van der Waals surface area (Å²) in [5.74, 6) is 2.77. The van der Waals surface area contributed by atoms with Crippen LogP contribution in [0.4, 0.5) is 0 Å². The summed E-state index contributed by atoms with van der Waals surface area (Å²) in [5.41, 5.74) is 0.435. The van der Waals surface area contributed by atoms with E-state index >= 15 is 0 Å². The van der Waals surface area contributed by atoms with Crippen LogP contribution in [0, 0.1) is 0 Å². The van der Waals surface area contributed by atoms with Crippen molar-refractivity contribution in [2.24, 2.45) is 0 Å². The monoisotopic (exact) mass is 338 g/mol. The van der Waals surface area contributed by atoms with Crippen molar-refractivity contribution in [2.45, 2.75) is 11.0 Å². The van der Waals surface area contributed by atoms with Gasteiger partial charge in [0.15, 0.2) is 27.4 Å². The quantitative estimate of drug-likeness (QED) is 0.767. The largest absolute Gasteiger partial charge is 0.485 e. The van der Waals surface area contributed by atoms with Crippen LogP contribution in [0.25, 0.3) is 0 Å². The predicted molar refractivity (Wildman–Crippen MR) is 83.1 cm³/mol. The van der Waals surface area contributed by atoms with E-state index in [2.05, 4.69) is 5.32 Å². The highest BCUT2D eigenvalue weighted by Gasteiger charge is 2.30. The number of fused-ring (bicyclic) bond motifs is 1. The van der Waals surface area contributed by atoms with E-state index in [0.29, 0.717) is 30.3 Å². The third-order valence-electron chi connectivity index (χ3n) is 3.87. The Morgan fingerprint density at radius 2 is 2.04 bits per heavy atom. The molecule has 3 rings (SSSR count). The van der Waals surface area contributed by atoms with E-state index in [9.17, 15) is 13.2 Å². The second-order valence-electron chi connectivity index (χ2n) is 5.52. The molecule has 1 aromatic rings. The lowest BCUT2D eigenvalue weighted by Crippen LogP contribution is -2.47. The molecule has 23 heavy (non-hydrogen) atoms. The van der Waals surface area contributed by atoms with Gasteiger partial charge in [0.2, 0.25) is 0 Å². The molecule has 2 aliphatic rings. The van der Waals surface area contributed by atoms with Crippen LogP contribution in [0.1, 0.15) is 0 Å². The molecule has 2 aliphatic heterocycles. The van der Waals surface area contributed by atoms with Crippen molar-refractivity contribution in [3.63, 3.8) is 0 Å². The summed E-state index contributed by atoms with van der Waals surface area (Å²) in [7, 11) is -3.31. The van der Waals surface area contributed by atoms with Gasteiger partial charge in [0.25, 0.3) is 0 Å². The maximum Gasteiger partial charge on any atom is 0.183 e. The first-order valence-corrected chi connectivity index (χ1v) is 9.22.